The Hall–Kier alpha value is -0.840. The van der Waals surface area contributed by atoms with Crippen LogP contribution in [0.25, 0.3) is 0 Å². The predicted octanol–water partition coefficient (Wildman–Crippen LogP) is 4.53. The summed E-state index contributed by atoms with van der Waals surface area (Å²) >= 11 is 18.1. The van der Waals surface area contributed by atoms with E-state index in [4.69, 9.17) is 40.6 Å². The third kappa shape index (κ3) is 3.43. The van der Waals surface area contributed by atoms with Gasteiger partial charge in [0.05, 0.1) is 11.1 Å². The first kappa shape index (κ1) is 15.5. The summed E-state index contributed by atoms with van der Waals surface area (Å²) in [5, 5.41) is 1.17. The van der Waals surface area contributed by atoms with Gasteiger partial charge < -0.3 is 0 Å². The molecule has 0 heterocycles. The molecule has 2 aromatic rings. The fraction of sp³-hybridized carbons (Fsp3) is 0.143. The summed E-state index contributed by atoms with van der Waals surface area (Å²) in [5.41, 5.74) is 4.04. The summed E-state index contributed by atoms with van der Waals surface area (Å²) in [6.45, 7) is 0. The number of benzene rings is 2. The van der Waals surface area contributed by atoms with Crippen LogP contribution in [0.15, 0.2) is 36.4 Å². The number of hydrazine groups is 1. The van der Waals surface area contributed by atoms with E-state index in [9.17, 15) is 4.39 Å². The average molecular weight is 334 g/mol. The zero-order valence-corrected chi connectivity index (χ0v) is 12.6. The molecule has 0 saturated heterocycles. The van der Waals surface area contributed by atoms with Crippen molar-refractivity contribution in [3.63, 3.8) is 0 Å². The van der Waals surface area contributed by atoms with E-state index < -0.39 is 5.82 Å². The van der Waals surface area contributed by atoms with Crippen LogP contribution < -0.4 is 11.3 Å². The summed E-state index contributed by atoms with van der Waals surface area (Å²) in [6, 6.07) is 9.44. The molecule has 0 spiro atoms. The number of nitrogens with one attached hydrogen (secondary N) is 1. The number of halogens is 4. The fourth-order valence-electron chi connectivity index (χ4n) is 1.97. The Morgan fingerprint density at radius 2 is 1.90 bits per heavy atom. The number of hydrogen-bond acceptors (Lipinski definition) is 2. The Bertz CT molecular complexity index is 619. The highest BCUT2D eigenvalue weighted by atomic mass is 35.5. The van der Waals surface area contributed by atoms with Gasteiger partial charge in [0.25, 0.3) is 0 Å². The highest BCUT2D eigenvalue weighted by Gasteiger charge is 2.17. The highest BCUT2D eigenvalue weighted by Crippen LogP contribution is 2.30. The van der Waals surface area contributed by atoms with Crippen molar-refractivity contribution >= 4 is 34.8 Å². The molecule has 20 heavy (non-hydrogen) atoms. The van der Waals surface area contributed by atoms with Crippen LogP contribution >= 0.6 is 34.8 Å². The zero-order chi connectivity index (χ0) is 14.7. The van der Waals surface area contributed by atoms with Crippen molar-refractivity contribution in [2.24, 2.45) is 5.84 Å². The van der Waals surface area contributed by atoms with Crippen LogP contribution in [0.5, 0.6) is 0 Å². The van der Waals surface area contributed by atoms with E-state index in [1.165, 1.54) is 6.07 Å². The topological polar surface area (TPSA) is 38.0 Å². The van der Waals surface area contributed by atoms with Crippen molar-refractivity contribution in [1.82, 2.24) is 5.43 Å². The molecule has 2 nitrogen and oxygen atoms in total. The van der Waals surface area contributed by atoms with E-state index in [-0.39, 0.29) is 11.1 Å². The first-order valence-corrected chi connectivity index (χ1v) is 7.00. The molecule has 6 heteroatoms. The van der Waals surface area contributed by atoms with Gasteiger partial charge in [0.1, 0.15) is 5.82 Å². The Morgan fingerprint density at radius 1 is 1.15 bits per heavy atom. The van der Waals surface area contributed by atoms with Crippen LogP contribution in [0.3, 0.4) is 0 Å². The van der Waals surface area contributed by atoms with Crippen LogP contribution in [0.1, 0.15) is 17.2 Å². The van der Waals surface area contributed by atoms with Crippen molar-refractivity contribution in [2.75, 3.05) is 0 Å². The van der Waals surface area contributed by atoms with E-state index in [0.717, 1.165) is 5.56 Å². The molecule has 2 rings (SSSR count). The number of hydrogen-bond donors (Lipinski definition) is 2. The van der Waals surface area contributed by atoms with Crippen LogP contribution in [-0.2, 0) is 6.42 Å². The summed E-state index contributed by atoms with van der Waals surface area (Å²) in [7, 11) is 0. The molecular formula is C14H12Cl3FN2. The molecule has 0 fully saturated rings. The Kier molecular flexibility index (Phi) is 5.24. The van der Waals surface area contributed by atoms with Crippen molar-refractivity contribution in [2.45, 2.75) is 12.5 Å². The summed E-state index contributed by atoms with van der Waals surface area (Å²) in [5.74, 6) is 5.11. The highest BCUT2D eigenvalue weighted by molar-refractivity contribution is 6.33. The molecule has 0 saturated carbocycles. The molecule has 3 N–H and O–H groups in total. The van der Waals surface area contributed by atoms with Crippen molar-refractivity contribution in [1.29, 1.82) is 0 Å². The smallest absolute Gasteiger partial charge is 0.142 e. The van der Waals surface area contributed by atoms with Gasteiger partial charge in [-0.15, -0.1) is 0 Å². The third-order valence-electron chi connectivity index (χ3n) is 2.99. The summed E-state index contributed by atoms with van der Waals surface area (Å²) in [4.78, 5) is 0. The van der Waals surface area contributed by atoms with Gasteiger partial charge in [0.2, 0.25) is 0 Å². The van der Waals surface area contributed by atoms with Gasteiger partial charge in [-0.05, 0) is 41.8 Å². The molecule has 0 aliphatic rings. The quantitative estimate of drug-likeness (QED) is 0.637. The molecule has 0 aliphatic heterocycles. The lowest BCUT2D eigenvalue weighted by Crippen LogP contribution is -2.30. The molecule has 1 unspecified atom stereocenters. The maximum Gasteiger partial charge on any atom is 0.142 e. The molecule has 2 aromatic carbocycles. The van der Waals surface area contributed by atoms with Crippen molar-refractivity contribution < 1.29 is 4.39 Å². The largest absolute Gasteiger partial charge is 0.271 e. The van der Waals surface area contributed by atoms with Crippen molar-refractivity contribution in [3.8, 4) is 0 Å². The van der Waals surface area contributed by atoms with E-state index in [1.807, 2.05) is 0 Å². The summed E-state index contributed by atoms with van der Waals surface area (Å²) < 4.78 is 13.4. The fourth-order valence-corrected chi connectivity index (χ4v) is 2.60. The van der Waals surface area contributed by atoms with Crippen LogP contribution in [0.2, 0.25) is 15.1 Å². The normalized spacial score (nSPS) is 12.4. The van der Waals surface area contributed by atoms with Crippen molar-refractivity contribution in [3.05, 3.63) is 68.4 Å². The minimum atomic E-state index is -0.461. The Morgan fingerprint density at radius 3 is 2.60 bits per heavy atom. The van der Waals surface area contributed by atoms with E-state index in [2.05, 4.69) is 5.43 Å². The van der Waals surface area contributed by atoms with Gasteiger partial charge in [-0.25, -0.2) is 4.39 Å². The summed E-state index contributed by atoms with van der Waals surface area (Å²) in [6.07, 6.45) is 0.396. The van der Waals surface area contributed by atoms with E-state index in [0.29, 0.717) is 22.0 Å². The SMILES string of the molecule is NNC(Cc1cccc(F)c1Cl)c1cc(Cl)ccc1Cl. The molecule has 0 amide bonds. The predicted molar refractivity (Wildman–Crippen MR) is 81.6 cm³/mol. The number of nitrogens with two attached hydrogens (primary N) is 1. The monoisotopic (exact) mass is 332 g/mol. The van der Waals surface area contributed by atoms with Gasteiger partial charge in [-0.1, -0.05) is 46.9 Å². The standard InChI is InChI=1S/C14H12Cl3FN2/c15-9-4-5-11(16)10(7-9)13(20-19)6-8-2-1-3-12(18)14(8)17/h1-5,7,13,20H,6,19H2. The van der Waals surface area contributed by atoms with Gasteiger partial charge in [0, 0.05) is 10.0 Å². The minimum absolute atomic E-state index is 0.0888. The zero-order valence-electron chi connectivity index (χ0n) is 10.3. The average Bonchev–Trinajstić information content (AvgIpc) is 2.43. The number of rotatable bonds is 4. The maximum absolute atomic E-state index is 13.4. The first-order chi connectivity index (χ1) is 9.52. The molecule has 0 radical (unpaired) electrons. The molecule has 0 aromatic heterocycles. The first-order valence-electron chi connectivity index (χ1n) is 5.87. The van der Waals surface area contributed by atoms with Gasteiger partial charge >= 0.3 is 0 Å². The second-order valence-electron chi connectivity index (χ2n) is 4.30. The maximum atomic E-state index is 13.4. The second kappa shape index (κ2) is 6.74. The third-order valence-corrected chi connectivity index (χ3v) is 3.99. The second-order valence-corrected chi connectivity index (χ2v) is 5.52. The van der Waals surface area contributed by atoms with Gasteiger partial charge in [-0.3, -0.25) is 11.3 Å². The molecule has 0 aliphatic carbocycles. The Labute approximate surface area is 131 Å². The Balaban J connectivity index is 2.34. The lowest BCUT2D eigenvalue weighted by molar-refractivity contribution is 0.549. The molecule has 106 valence electrons. The lowest BCUT2D eigenvalue weighted by Gasteiger charge is -2.19. The molecular weight excluding hydrogens is 322 g/mol. The lowest BCUT2D eigenvalue weighted by atomic mass is 9.99. The van der Waals surface area contributed by atoms with Crippen LogP contribution in [0.4, 0.5) is 4.39 Å². The molecule has 0 bridgehead atoms. The van der Waals surface area contributed by atoms with Gasteiger partial charge in [0.15, 0.2) is 0 Å². The van der Waals surface area contributed by atoms with E-state index >= 15 is 0 Å². The van der Waals surface area contributed by atoms with E-state index in [1.54, 1.807) is 30.3 Å². The van der Waals surface area contributed by atoms with Crippen LogP contribution in [0, 0.1) is 5.82 Å². The van der Waals surface area contributed by atoms with Crippen LogP contribution in [-0.4, -0.2) is 0 Å². The van der Waals surface area contributed by atoms with Gasteiger partial charge in [-0.2, -0.15) is 0 Å². The molecule has 1 atom stereocenters. The minimum Gasteiger partial charge on any atom is -0.271 e.